The van der Waals surface area contributed by atoms with Crippen LogP contribution < -0.4 is 0 Å². The van der Waals surface area contributed by atoms with Crippen molar-refractivity contribution in [3.05, 3.63) is 69.7 Å². The Morgan fingerprint density at radius 3 is 2.43 bits per heavy atom. The second-order valence-corrected chi connectivity index (χ2v) is 10.9. The van der Waals surface area contributed by atoms with E-state index in [2.05, 4.69) is 22.8 Å². The van der Waals surface area contributed by atoms with Crippen LogP contribution in [-0.2, 0) is 14.3 Å². The number of nitrogens with zero attached hydrogens (tertiary/aromatic N) is 2. The topological polar surface area (TPSA) is 49.9 Å². The first kappa shape index (κ1) is 26.2. The first-order valence-corrected chi connectivity index (χ1v) is 13.2. The van der Waals surface area contributed by atoms with E-state index in [-0.39, 0.29) is 30.3 Å². The van der Waals surface area contributed by atoms with Gasteiger partial charge in [0.1, 0.15) is 6.29 Å². The van der Waals surface area contributed by atoms with Gasteiger partial charge in [-0.15, -0.1) is 0 Å². The van der Waals surface area contributed by atoms with Gasteiger partial charge < -0.3 is 14.4 Å². The monoisotopic (exact) mass is 516 g/mol. The third-order valence-electron chi connectivity index (χ3n) is 7.56. The molecule has 4 rings (SSSR count). The maximum atomic E-state index is 14.2. The zero-order valence-electron chi connectivity index (χ0n) is 20.5. The first-order valence-electron chi connectivity index (χ1n) is 12.4. The quantitative estimate of drug-likeness (QED) is 0.418. The van der Waals surface area contributed by atoms with E-state index in [9.17, 15) is 9.59 Å². The Kier molecular flexibility index (Phi) is 8.54. The van der Waals surface area contributed by atoms with Crippen LogP contribution in [-0.4, -0.2) is 60.9 Å². The van der Waals surface area contributed by atoms with Crippen molar-refractivity contribution in [2.24, 2.45) is 5.41 Å². The summed E-state index contributed by atoms with van der Waals surface area (Å²) in [6, 6.07) is 15.5. The number of rotatable bonds is 8. The van der Waals surface area contributed by atoms with E-state index in [1.807, 2.05) is 49.4 Å². The summed E-state index contributed by atoms with van der Waals surface area (Å²) in [4.78, 5) is 30.4. The molecule has 0 bridgehead atoms. The van der Waals surface area contributed by atoms with Crippen molar-refractivity contribution >= 4 is 35.4 Å². The number of carbonyl (C=O) groups is 2. The summed E-state index contributed by atoms with van der Waals surface area (Å²) in [5.74, 6) is 0.0270. The maximum absolute atomic E-state index is 14.2. The molecular formula is C28H34Cl2N2O3. The van der Waals surface area contributed by atoms with Crippen molar-refractivity contribution in [2.75, 3.05) is 32.8 Å². The van der Waals surface area contributed by atoms with Gasteiger partial charge >= 0.3 is 0 Å². The van der Waals surface area contributed by atoms with Gasteiger partial charge in [0, 0.05) is 48.1 Å². The van der Waals surface area contributed by atoms with Gasteiger partial charge in [-0.2, -0.15) is 0 Å². The molecule has 2 heterocycles. The Labute approximate surface area is 218 Å². The molecule has 35 heavy (non-hydrogen) atoms. The molecule has 0 radical (unpaired) electrons. The van der Waals surface area contributed by atoms with Crippen LogP contribution in [0.15, 0.2) is 48.5 Å². The molecule has 2 aliphatic rings. The number of hydrogen-bond acceptors (Lipinski definition) is 4. The molecule has 2 aromatic rings. The van der Waals surface area contributed by atoms with Crippen LogP contribution in [0.5, 0.6) is 0 Å². The first-order chi connectivity index (χ1) is 16.9. The van der Waals surface area contributed by atoms with Crippen LogP contribution in [0.25, 0.3) is 0 Å². The fourth-order valence-electron chi connectivity index (χ4n) is 5.65. The number of carbonyl (C=O) groups excluding carboxylic acids is 2. The Morgan fingerprint density at radius 1 is 1.09 bits per heavy atom. The molecule has 1 amide bonds. The number of ether oxygens (including phenoxy) is 1. The average molecular weight is 517 g/mol. The van der Waals surface area contributed by atoms with Gasteiger partial charge in [0.15, 0.2) is 0 Å². The van der Waals surface area contributed by atoms with E-state index in [1.54, 1.807) is 0 Å². The highest BCUT2D eigenvalue weighted by molar-refractivity contribution is 6.30. The SMILES string of the molecule is CC[C@@H](CN1CCOCC1)N1C(=O)[C@](C)(CC=O)C[C@H](c2cccc(Cl)c2)[C@H]1c1ccc(Cl)cc1. The molecule has 0 unspecified atom stereocenters. The van der Waals surface area contributed by atoms with E-state index in [1.165, 1.54) is 0 Å². The number of amides is 1. The van der Waals surface area contributed by atoms with Crippen molar-refractivity contribution in [2.45, 2.75) is 51.1 Å². The fourth-order valence-corrected chi connectivity index (χ4v) is 5.97. The molecule has 2 aromatic carbocycles. The second-order valence-electron chi connectivity index (χ2n) is 9.98. The summed E-state index contributed by atoms with van der Waals surface area (Å²) in [6.07, 6.45) is 2.46. The fraction of sp³-hybridized carbons (Fsp3) is 0.500. The zero-order valence-corrected chi connectivity index (χ0v) is 22.0. The normalized spacial score (nSPS) is 26.5. The standard InChI is InChI=1S/C28H34Cl2N2O3/c1-3-24(19-31-12-15-35-16-13-31)32-26(20-7-9-22(29)10-8-20)25(21-5-4-6-23(30)17-21)18-28(2,11-14-33)27(32)34/h4-10,14,17,24-26H,3,11-13,15-16,18-19H2,1-2H3/t24-,25+,26+,28+/m0/s1. The van der Waals surface area contributed by atoms with Gasteiger partial charge in [0.25, 0.3) is 0 Å². The Bertz CT molecular complexity index is 1030. The lowest BCUT2D eigenvalue weighted by molar-refractivity contribution is -0.157. The number of aldehydes is 1. The van der Waals surface area contributed by atoms with Crippen LogP contribution in [0.1, 0.15) is 56.2 Å². The largest absolute Gasteiger partial charge is 0.379 e. The van der Waals surface area contributed by atoms with E-state index in [0.717, 1.165) is 43.5 Å². The lowest BCUT2D eigenvalue weighted by atomic mass is 9.67. The molecule has 2 fully saturated rings. The van der Waals surface area contributed by atoms with Crippen molar-refractivity contribution in [1.82, 2.24) is 9.80 Å². The highest BCUT2D eigenvalue weighted by Gasteiger charge is 2.51. The number of morpholine rings is 1. The molecule has 2 saturated heterocycles. The summed E-state index contributed by atoms with van der Waals surface area (Å²) in [5, 5.41) is 1.33. The number of benzene rings is 2. The van der Waals surface area contributed by atoms with Crippen LogP contribution >= 0.6 is 23.2 Å². The van der Waals surface area contributed by atoms with E-state index in [0.29, 0.717) is 29.7 Å². The minimum atomic E-state index is -0.782. The summed E-state index contributed by atoms with van der Waals surface area (Å²) in [7, 11) is 0. The molecule has 4 atom stereocenters. The zero-order chi connectivity index (χ0) is 25.0. The summed E-state index contributed by atoms with van der Waals surface area (Å²) >= 11 is 12.7. The molecule has 0 aliphatic carbocycles. The molecule has 188 valence electrons. The van der Waals surface area contributed by atoms with Gasteiger partial charge in [-0.3, -0.25) is 9.69 Å². The van der Waals surface area contributed by atoms with E-state index >= 15 is 0 Å². The minimum Gasteiger partial charge on any atom is -0.379 e. The van der Waals surface area contributed by atoms with Crippen LogP contribution in [0, 0.1) is 5.41 Å². The number of halogens is 2. The van der Waals surface area contributed by atoms with Crippen LogP contribution in [0.2, 0.25) is 10.0 Å². The highest BCUT2D eigenvalue weighted by atomic mass is 35.5. The number of piperidine rings is 1. The van der Waals surface area contributed by atoms with Crippen LogP contribution in [0.4, 0.5) is 0 Å². The summed E-state index contributed by atoms with van der Waals surface area (Å²) < 4.78 is 5.55. The van der Waals surface area contributed by atoms with Crippen LogP contribution in [0.3, 0.4) is 0 Å². The second kappa shape index (κ2) is 11.4. The summed E-state index contributed by atoms with van der Waals surface area (Å²) in [6.45, 7) is 7.97. The van der Waals surface area contributed by atoms with Crippen molar-refractivity contribution in [3.63, 3.8) is 0 Å². The molecule has 0 N–H and O–H groups in total. The molecule has 7 heteroatoms. The lowest BCUT2D eigenvalue weighted by Gasteiger charge is -2.52. The molecule has 0 aromatic heterocycles. The highest BCUT2D eigenvalue weighted by Crippen LogP contribution is 2.52. The summed E-state index contributed by atoms with van der Waals surface area (Å²) in [5.41, 5.74) is 1.34. The minimum absolute atomic E-state index is 0.00533. The molecule has 5 nitrogen and oxygen atoms in total. The van der Waals surface area contributed by atoms with Gasteiger partial charge in [-0.1, -0.05) is 61.3 Å². The van der Waals surface area contributed by atoms with Gasteiger partial charge in [0.2, 0.25) is 5.91 Å². The Balaban J connectivity index is 1.83. The smallest absolute Gasteiger partial charge is 0.229 e. The molecular weight excluding hydrogens is 483 g/mol. The van der Waals surface area contributed by atoms with Crippen molar-refractivity contribution in [3.8, 4) is 0 Å². The third kappa shape index (κ3) is 5.75. The number of likely N-dealkylation sites (tertiary alicyclic amines) is 1. The van der Waals surface area contributed by atoms with E-state index < -0.39 is 5.41 Å². The van der Waals surface area contributed by atoms with Gasteiger partial charge in [-0.25, -0.2) is 0 Å². The predicted octanol–water partition coefficient (Wildman–Crippen LogP) is 5.76. The molecule has 0 saturated carbocycles. The van der Waals surface area contributed by atoms with Gasteiger partial charge in [-0.05, 0) is 48.2 Å². The van der Waals surface area contributed by atoms with Crippen molar-refractivity contribution < 1.29 is 14.3 Å². The third-order valence-corrected chi connectivity index (χ3v) is 8.05. The van der Waals surface area contributed by atoms with E-state index in [4.69, 9.17) is 27.9 Å². The Morgan fingerprint density at radius 2 is 1.80 bits per heavy atom. The molecule has 0 spiro atoms. The average Bonchev–Trinajstić information content (AvgIpc) is 2.86. The maximum Gasteiger partial charge on any atom is 0.229 e. The Hall–Kier alpha value is -1.92. The molecule has 2 aliphatic heterocycles. The van der Waals surface area contributed by atoms with Crippen molar-refractivity contribution in [1.29, 1.82) is 0 Å². The van der Waals surface area contributed by atoms with Gasteiger partial charge in [0.05, 0.1) is 24.7 Å². The number of hydrogen-bond donors (Lipinski definition) is 0. The predicted molar refractivity (Wildman–Crippen MR) is 140 cm³/mol. The lowest BCUT2D eigenvalue weighted by Crippen LogP contribution is -2.58.